The van der Waals surface area contributed by atoms with Crippen LogP contribution in [0.1, 0.15) is 0 Å². The normalized spacial score (nSPS) is 10.2. The zero-order valence-electron chi connectivity index (χ0n) is 5.16. The number of nitrogen functional groups attached to an aromatic ring is 1. The molecule has 0 atom stereocenters. The van der Waals surface area contributed by atoms with E-state index < -0.39 is 0 Å². The van der Waals surface area contributed by atoms with Gasteiger partial charge in [0, 0.05) is 0 Å². The van der Waals surface area contributed by atoms with Crippen molar-refractivity contribution < 1.29 is 5.11 Å². The molecule has 3 N–H and O–H groups in total. The van der Waals surface area contributed by atoms with Gasteiger partial charge < -0.3 is 10.8 Å². The number of anilines is 1. The molecule has 0 unspecified atom stereocenters. The molecule has 10 heavy (non-hydrogen) atoms. The smallest absolute Gasteiger partial charge is 0.219 e. The van der Waals surface area contributed by atoms with Gasteiger partial charge in [0.15, 0.2) is 0 Å². The Kier molecular flexibility index (Phi) is 2.23. The highest BCUT2D eigenvalue weighted by atomic mass is 79.9. The topological polar surface area (TPSA) is 77.0 Å². The number of aliphatic hydroxyl groups is 1. The van der Waals surface area contributed by atoms with Crippen molar-refractivity contribution in [3.63, 3.8) is 0 Å². The molecular formula is C4H7BrN4O. The van der Waals surface area contributed by atoms with Crippen molar-refractivity contribution >= 4 is 21.9 Å². The molecule has 0 aromatic carbocycles. The molecule has 1 aromatic rings. The molecule has 0 aliphatic carbocycles. The Morgan fingerprint density at radius 3 is 2.80 bits per heavy atom. The number of aromatic nitrogens is 3. The van der Waals surface area contributed by atoms with Gasteiger partial charge in [0.05, 0.1) is 13.2 Å². The van der Waals surface area contributed by atoms with E-state index in [1.165, 1.54) is 4.68 Å². The molecule has 0 radical (unpaired) electrons. The van der Waals surface area contributed by atoms with Crippen LogP contribution in [0.15, 0.2) is 4.73 Å². The summed E-state index contributed by atoms with van der Waals surface area (Å²) in [4.78, 5) is 3.76. The van der Waals surface area contributed by atoms with Crippen molar-refractivity contribution in [2.24, 2.45) is 0 Å². The molecule has 0 saturated carbocycles. The summed E-state index contributed by atoms with van der Waals surface area (Å²) >= 11 is 3.05. The minimum Gasteiger partial charge on any atom is -0.394 e. The number of hydrogen-bond acceptors (Lipinski definition) is 4. The number of nitrogens with zero attached hydrogens (tertiary/aromatic N) is 3. The lowest BCUT2D eigenvalue weighted by Crippen LogP contribution is -2.07. The molecule has 1 aromatic heterocycles. The van der Waals surface area contributed by atoms with E-state index in [2.05, 4.69) is 26.0 Å². The molecule has 6 heteroatoms. The first kappa shape index (κ1) is 7.49. The van der Waals surface area contributed by atoms with Crippen LogP contribution in [-0.4, -0.2) is 26.5 Å². The average molecular weight is 207 g/mol. The highest BCUT2D eigenvalue weighted by Crippen LogP contribution is 2.05. The van der Waals surface area contributed by atoms with Crippen molar-refractivity contribution in [1.82, 2.24) is 14.8 Å². The summed E-state index contributed by atoms with van der Waals surface area (Å²) < 4.78 is 1.86. The first-order valence-corrected chi connectivity index (χ1v) is 3.50. The molecule has 56 valence electrons. The lowest BCUT2D eigenvalue weighted by molar-refractivity contribution is 0.270. The molecule has 0 fully saturated rings. The lowest BCUT2D eigenvalue weighted by atomic mass is 10.7. The van der Waals surface area contributed by atoms with Crippen LogP contribution >= 0.6 is 15.9 Å². The molecule has 0 aliphatic rings. The second-order valence-corrected chi connectivity index (χ2v) is 2.40. The van der Waals surface area contributed by atoms with Crippen LogP contribution in [-0.2, 0) is 6.54 Å². The van der Waals surface area contributed by atoms with Crippen molar-refractivity contribution in [2.45, 2.75) is 6.54 Å². The summed E-state index contributed by atoms with van der Waals surface area (Å²) in [6.45, 7) is 0.393. The first-order chi connectivity index (χ1) is 4.74. The Labute approximate surface area is 66.0 Å². The summed E-state index contributed by atoms with van der Waals surface area (Å²) in [5.41, 5.74) is 5.38. The highest BCUT2D eigenvalue weighted by molar-refractivity contribution is 9.10. The van der Waals surface area contributed by atoms with Crippen LogP contribution in [0, 0.1) is 0 Å². The van der Waals surface area contributed by atoms with Gasteiger partial charge in [-0.1, -0.05) is 0 Å². The molecule has 0 aliphatic heterocycles. The summed E-state index contributed by atoms with van der Waals surface area (Å²) in [5.74, 6) is 0.306. The Bertz CT molecular complexity index is 223. The van der Waals surface area contributed by atoms with Gasteiger partial charge in [-0.05, 0) is 15.9 Å². The van der Waals surface area contributed by atoms with Gasteiger partial charge in [0.1, 0.15) is 0 Å². The molecule has 0 amide bonds. The molecule has 1 rings (SSSR count). The van der Waals surface area contributed by atoms with E-state index in [1.807, 2.05) is 0 Å². The molecule has 0 spiro atoms. The van der Waals surface area contributed by atoms with E-state index in [0.717, 1.165) is 0 Å². The highest BCUT2D eigenvalue weighted by Gasteiger charge is 2.01. The van der Waals surface area contributed by atoms with Gasteiger partial charge >= 0.3 is 0 Å². The van der Waals surface area contributed by atoms with Gasteiger partial charge in [-0.3, -0.25) is 0 Å². The predicted octanol–water partition coefficient (Wildman–Crippen LogP) is -0.385. The first-order valence-electron chi connectivity index (χ1n) is 2.70. The van der Waals surface area contributed by atoms with Crippen LogP contribution in [0.25, 0.3) is 0 Å². The number of aliphatic hydroxyl groups excluding tert-OH is 1. The van der Waals surface area contributed by atoms with Crippen LogP contribution in [0.3, 0.4) is 0 Å². The third-order valence-electron chi connectivity index (χ3n) is 0.986. The molecule has 5 nitrogen and oxygen atoms in total. The van der Waals surface area contributed by atoms with E-state index in [-0.39, 0.29) is 6.61 Å². The third kappa shape index (κ3) is 1.45. The zero-order valence-corrected chi connectivity index (χ0v) is 6.74. The van der Waals surface area contributed by atoms with Crippen LogP contribution in [0.4, 0.5) is 5.95 Å². The Morgan fingerprint density at radius 2 is 2.40 bits per heavy atom. The molecule has 0 saturated heterocycles. The maximum absolute atomic E-state index is 8.49. The molecule has 1 heterocycles. The van der Waals surface area contributed by atoms with Gasteiger partial charge in [0.2, 0.25) is 10.7 Å². The minimum atomic E-state index is 0.0139. The van der Waals surface area contributed by atoms with Crippen molar-refractivity contribution in [3.05, 3.63) is 4.73 Å². The van der Waals surface area contributed by atoms with Crippen molar-refractivity contribution in [2.75, 3.05) is 12.3 Å². The fourth-order valence-electron chi connectivity index (χ4n) is 0.585. The quantitative estimate of drug-likeness (QED) is 0.692. The van der Waals surface area contributed by atoms with E-state index >= 15 is 0 Å². The van der Waals surface area contributed by atoms with Gasteiger partial charge in [-0.25, -0.2) is 4.68 Å². The maximum atomic E-state index is 8.49. The van der Waals surface area contributed by atoms with Crippen LogP contribution in [0.2, 0.25) is 0 Å². The number of rotatable bonds is 2. The fraction of sp³-hybridized carbons (Fsp3) is 0.500. The molecule has 0 bridgehead atoms. The Balaban J connectivity index is 2.81. The number of nitrogens with two attached hydrogens (primary N) is 1. The molecular weight excluding hydrogens is 200 g/mol. The van der Waals surface area contributed by atoms with Crippen molar-refractivity contribution in [3.8, 4) is 0 Å². The van der Waals surface area contributed by atoms with Gasteiger partial charge in [-0.2, -0.15) is 4.98 Å². The average Bonchev–Trinajstić information content (AvgIpc) is 2.13. The third-order valence-corrected chi connectivity index (χ3v) is 1.32. The Morgan fingerprint density at radius 1 is 1.70 bits per heavy atom. The van der Waals surface area contributed by atoms with Gasteiger partial charge in [0.25, 0.3) is 0 Å². The summed E-state index contributed by atoms with van der Waals surface area (Å²) in [6, 6.07) is 0. The van der Waals surface area contributed by atoms with E-state index in [4.69, 9.17) is 10.8 Å². The lowest BCUT2D eigenvalue weighted by Gasteiger charge is -1.95. The predicted molar refractivity (Wildman–Crippen MR) is 39.2 cm³/mol. The fourth-order valence-corrected chi connectivity index (χ4v) is 0.958. The Hall–Kier alpha value is -0.620. The van der Waals surface area contributed by atoms with E-state index in [9.17, 15) is 0 Å². The van der Waals surface area contributed by atoms with Crippen LogP contribution < -0.4 is 5.73 Å². The SMILES string of the molecule is Nc1nc(Br)nn1CCO. The standard InChI is InChI=1S/C4H7BrN4O/c5-3-7-4(6)9(8-3)1-2-10/h10H,1-2H2,(H2,6,7,8). The maximum Gasteiger partial charge on any atom is 0.219 e. The number of hydrogen-bond donors (Lipinski definition) is 2. The largest absolute Gasteiger partial charge is 0.394 e. The number of halogens is 1. The van der Waals surface area contributed by atoms with Crippen LogP contribution in [0.5, 0.6) is 0 Å². The van der Waals surface area contributed by atoms with Gasteiger partial charge in [-0.15, -0.1) is 5.10 Å². The summed E-state index contributed by atoms with van der Waals surface area (Å²) in [7, 11) is 0. The van der Waals surface area contributed by atoms with E-state index in [0.29, 0.717) is 17.2 Å². The second kappa shape index (κ2) is 2.98. The van der Waals surface area contributed by atoms with E-state index in [1.54, 1.807) is 0 Å². The summed E-state index contributed by atoms with van der Waals surface area (Å²) in [6.07, 6.45) is 0. The van der Waals surface area contributed by atoms with Crippen molar-refractivity contribution in [1.29, 1.82) is 0 Å². The summed E-state index contributed by atoms with van der Waals surface area (Å²) in [5, 5.41) is 12.3. The monoisotopic (exact) mass is 206 g/mol. The minimum absolute atomic E-state index is 0.0139. The zero-order chi connectivity index (χ0) is 7.56. The second-order valence-electron chi connectivity index (χ2n) is 1.69.